The van der Waals surface area contributed by atoms with Gasteiger partial charge >= 0.3 is 5.97 Å². The molecule has 1 atom stereocenters. The number of halogens is 2. The largest absolute Gasteiger partial charge is 0.496 e. The molecule has 7 rings (SSSR count). The maximum absolute atomic E-state index is 14.6. The van der Waals surface area contributed by atoms with Gasteiger partial charge in [0.2, 0.25) is 0 Å². The van der Waals surface area contributed by atoms with Crippen LogP contribution < -0.4 is 10.1 Å². The van der Waals surface area contributed by atoms with Crippen LogP contribution in [0.3, 0.4) is 0 Å². The maximum Gasteiger partial charge on any atom is 0.309 e. The van der Waals surface area contributed by atoms with Crippen molar-refractivity contribution >= 4 is 38.7 Å². The van der Waals surface area contributed by atoms with Crippen LogP contribution >= 0.6 is 15.9 Å². The summed E-state index contributed by atoms with van der Waals surface area (Å²) >= 11 is 3.55. The minimum absolute atomic E-state index is 0.254. The molecule has 1 aromatic heterocycles. The van der Waals surface area contributed by atoms with Crippen LogP contribution in [-0.4, -0.2) is 34.6 Å². The molecule has 8 heteroatoms. The normalized spacial score (nSPS) is 23.4. The maximum atomic E-state index is 14.6. The van der Waals surface area contributed by atoms with E-state index < -0.39 is 28.7 Å². The Kier molecular flexibility index (Phi) is 6.85. The number of ether oxygens (including phenoxy) is 1. The van der Waals surface area contributed by atoms with Gasteiger partial charge in [-0.25, -0.2) is 9.37 Å². The molecule has 0 radical (unpaired) electrons. The summed E-state index contributed by atoms with van der Waals surface area (Å²) in [6, 6.07) is 19.8. The summed E-state index contributed by atoms with van der Waals surface area (Å²) in [5.41, 5.74) is 2.50. The molecule has 1 amide bonds. The highest BCUT2D eigenvalue weighted by atomic mass is 79.9. The number of rotatable bonds is 6. The molecule has 3 saturated carbocycles. The highest BCUT2D eigenvalue weighted by Gasteiger charge is 2.59. The van der Waals surface area contributed by atoms with E-state index in [0.29, 0.717) is 54.5 Å². The van der Waals surface area contributed by atoms with E-state index in [9.17, 15) is 19.1 Å². The number of pyridine rings is 1. The third kappa shape index (κ3) is 4.58. The number of carbonyl (C=O) groups excluding carboxylic acids is 1. The summed E-state index contributed by atoms with van der Waals surface area (Å²) in [5, 5.41) is 14.3. The van der Waals surface area contributed by atoms with Gasteiger partial charge in [-0.1, -0.05) is 46.3 Å². The lowest BCUT2D eigenvalue weighted by Crippen LogP contribution is -2.62. The fourth-order valence-electron chi connectivity index (χ4n) is 7.00. The number of hydrogen-bond acceptors (Lipinski definition) is 4. The van der Waals surface area contributed by atoms with Gasteiger partial charge in [0.15, 0.2) is 0 Å². The van der Waals surface area contributed by atoms with Crippen LogP contribution in [0.25, 0.3) is 22.2 Å². The Morgan fingerprint density at radius 2 is 1.78 bits per heavy atom. The first-order valence-electron chi connectivity index (χ1n) is 13.7. The lowest BCUT2D eigenvalue weighted by molar-refractivity contribution is -0.157. The Bertz CT molecular complexity index is 1680. The Morgan fingerprint density at radius 1 is 1.05 bits per heavy atom. The number of carboxylic acids is 1. The van der Waals surface area contributed by atoms with Crippen LogP contribution in [0.15, 0.2) is 71.2 Å². The Balaban J connectivity index is 1.49. The average Bonchev–Trinajstić information content (AvgIpc) is 2.97. The summed E-state index contributed by atoms with van der Waals surface area (Å²) < 4.78 is 21.0. The topological polar surface area (TPSA) is 88.5 Å². The van der Waals surface area contributed by atoms with E-state index in [1.54, 1.807) is 6.07 Å². The minimum Gasteiger partial charge on any atom is -0.496 e. The van der Waals surface area contributed by atoms with Crippen molar-refractivity contribution in [3.05, 3.63) is 93.7 Å². The van der Waals surface area contributed by atoms with Crippen molar-refractivity contribution in [2.45, 2.75) is 50.5 Å². The van der Waals surface area contributed by atoms with Crippen molar-refractivity contribution in [2.75, 3.05) is 7.11 Å². The van der Waals surface area contributed by atoms with Gasteiger partial charge in [-0.05, 0) is 81.0 Å². The quantitative estimate of drug-likeness (QED) is 0.235. The molecule has 3 fully saturated rings. The monoisotopic (exact) mass is 616 g/mol. The van der Waals surface area contributed by atoms with Gasteiger partial charge in [-0.3, -0.25) is 9.59 Å². The van der Waals surface area contributed by atoms with Crippen molar-refractivity contribution in [2.24, 2.45) is 5.41 Å². The molecule has 210 valence electrons. The molecule has 0 aliphatic heterocycles. The van der Waals surface area contributed by atoms with Crippen LogP contribution in [0.4, 0.5) is 4.39 Å². The highest BCUT2D eigenvalue weighted by molar-refractivity contribution is 9.10. The number of aromatic nitrogens is 1. The molecule has 6 nitrogen and oxygen atoms in total. The van der Waals surface area contributed by atoms with Gasteiger partial charge in [0.05, 0.1) is 29.3 Å². The van der Waals surface area contributed by atoms with E-state index in [4.69, 9.17) is 9.72 Å². The second kappa shape index (κ2) is 10.2. The first kappa shape index (κ1) is 27.4. The molecule has 3 aliphatic carbocycles. The lowest BCUT2D eigenvalue weighted by Gasteiger charge is -2.56. The SMILES string of the molecule is COc1ccc(F)cc1C1CC2(C(=O)O)CCC1(NC(=O)c1c(C)c(-c3ccccc3)nc3ccc(Br)cc13)CC2. The molecule has 0 spiro atoms. The summed E-state index contributed by atoms with van der Waals surface area (Å²) in [4.78, 5) is 31.8. The smallest absolute Gasteiger partial charge is 0.309 e. The zero-order valence-electron chi connectivity index (χ0n) is 22.8. The van der Waals surface area contributed by atoms with Gasteiger partial charge in [-0.2, -0.15) is 0 Å². The predicted molar refractivity (Wildman–Crippen MR) is 159 cm³/mol. The molecule has 3 aliphatic rings. The number of carboxylic acid groups (broad SMARTS) is 1. The van der Waals surface area contributed by atoms with Crippen LogP contribution in [0.1, 0.15) is 59.5 Å². The van der Waals surface area contributed by atoms with Crippen molar-refractivity contribution in [1.29, 1.82) is 0 Å². The van der Waals surface area contributed by atoms with E-state index in [0.717, 1.165) is 26.7 Å². The van der Waals surface area contributed by atoms with Crippen molar-refractivity contribution < 1.29 is 23.8 Å². The van der Waals surface area contributed by atoms with Crippen LogP contribution in [-0.2, 0) is 4.79 Å². The zero-order valence-corrected chi connectivity index (χ0v) is 24.4. The predicted octanol–water partition coefficient (Wildman–Crippen LogP) is 7.42. The molecule has 2 bridgehead atoms. The van der Waals surface area contributed by atoms with Gasteiger partial charge in [0.25, 0.3) is 5.91 Å². The van der Waals surface area contributed by atoms with Crippen molar-refractivity contribution in [3.63, 3.8) is 0 Å². The average molecular weight is 618 g/mol. The first-order valence-corrected chi connectivity index (χ1v) is 14.5. The number of hydrogen-bond donors (Lipinski definition) is 2. The summed E-state index contributed by atoms with van der Waals surface area (Å²) in [7, 11) is 1.52. The Hall–Kier alpha value is -3.78. The first-order chi connectivity index (χ1) is 19.7. The lowest BCUT2D eigenvalue weighted by atomic mass is 9.51. The van der Waals surface area contributed by atoms with Crippen LogP contribution in [0, 0.1) is 18.2 Å². The van der Waals surface area contributed by atoms with Crippen molar-refractivity contribution in [1.82, 2.24) is 10.3 Å². The summed E-state index contributed by atoms with van der Waals surface area (Å²) in [6.45, 7) is 1.91. The summed E-state index contributed by atoms with van der Waals surface area (Å²) in [5.74, 6) is -1.48. The van der Waals surface area contributed by atoms with E-state index in [1.165, 1.54) is 19.2 Å². The highest BCUT2D eigenvalue weighted by Crippen LogP contribution is 2.60. The Labute approximate surface area is 246 Å². The van der Waals surface area contributed by atoms with E-state index in [1.807, 2.05) is 55.5 Å². The number of methoxy groups -OCH3 is 1. The van der Waals surface area contributed by atoms with Gasteiger partial charge in [0.1, 0.15) is 11.6 Å². The number of benzene rings is 3. The number of amides is 1. The van der Waals surface area contributed by atoms with Gasteiger partial charge in [-0.15, -0.1) is 0 Å². The molecular weight excluding hydrogens is 587 g/mol. The molecule has 4 aromatic rings. The third-order valence-electron chi connectivity index (χ3n) is 9.21. The van der Waals surface area contributed by atoms with Crippen LogP contribution in [0.5, 0.6) is 5.75 Å². The van der Waals surface area contributed by atoms with Gasteiger partial charge in [0, 0.05) is 32.4 Å². The third-order valence-corrected chi connectivity index (χ3v) is 9.70. The molecule has 2 N–H and O–H groups in total. The van der Waals surface area contributed by atoms with Crippen LogP contribution in [0.2, 0.25) is 0 Å². The number of nitrogens with zero attached hydrogens (tertiary/aromatic N) is 1. The second-order valence-electron chi connectivity index (χ2n) is 11.3. The number of nitrogens with one attached hydrogen (secondary N) is 1. The minimum atomic E-state index is -0.918. The Morgan fingerprint density at radius 3 is 2.46 bits per heavy atom. The molecule has 3 aromatic carbocycles. The van der Waals surface area contributed by atoms with Gasteiger partial charge < -0.3 is 15.2 Å². The van der Waals surface area contributed by atoms with E-state index in [-0.39, 0.29) is 5.91 Å². The molecule has 1 unspecified atom stereocenters. The van der Waals surface area contributed by atoms with Crippen molar-refractivity contribution in [3.8, 4) is 17.0 Å². The van der Waals surface area contributed by atoms with E-state index in [2.05, 4.69) is 21.2 Å². The fourth-order valence-corrected chi connectivity index (χ4v) is 7.36. The molecular formula is C33H30BrFN2O4. The number of aliphatic carboxylic acids is 1. The summed E-state index contributed by atoms with van der Waals surface area (Å²) in [6.07, 6.45) is 2.10. The molecule has 0 saturated heterocycles. The number of fused-ring (bicyclic) bond motifs is 4. The second-order valence-corrected chi connectivity index (χ2v) is 12.2. The van der Waals surface area contributed by atoms with E-state index >= 15 is 0 Å². The standard InChI is InChI=1S/C33H30BrFN2O4/c1-19-28(24-16-21(34)8-10-26(24)36-29(19)20-6-4-3-5-7-20)30(38)37-33-14-12-32(13-15-33,31(39)40)18-25(33)23-17-22(35)9-11-27(23)41-2/h3-11,16-17,25H,12-15,18H2,1-2H3,(H,37,38)(H,39,40). The molecule has 41 heavy (non-hydrogen) atoms. The number of carbonyl (C=O) groups is 2. The zero-order chi connectivity index (χ0) is 28.9. The fraction of sp³-hybridized carbons (Fsp3) is 0.303. The molecule has 1 heterocycles.